The second kappa shape index (κ2) is 3.67. The molecule has 0 spiro atoms. The second-order valence-electron chi connectivity index (χ2n) is 4.74. The van der Waals surface area contributed by atoms with Gasteiger partial charge >= 0.3 is 0 Å². The first-order valence-electron chi connectivity index (χ1n) is 5.01. The number of hydrogen-bond acceptors (Lipinski definition) is 0. The van der Waals surface area contributed by atoms with Gasteiger partial charge in [-0.3, -0.25) is 0 Å². The van der Waals surface area contributed by atoms with Gasteiger partial charge in [0.25, 0.3) is 0 Å². The minimum absolute atomic E-state index is 0.815. The molecule has 13 heavy (non-hydrogen) atoms. The summed E-state index contributed by atoms with van der Waals surface area (Å²) in [5.74, 6) is 0. The van der Waals surface area contributed by atoms with E-state index in [0.29, 0.717) is 0 Å². The molecule has 0 saturated carbocycles. The zero-order chi connectivity index (χ0) is 10.1. The SMILES string of the molecule is Cc1ccc([Si](C)(C)C(C)C)cc1. The van der Waals surface area contributed by atoms with Crippen molar-refractivity contribution in [3.05, 3.63) is 29.8 Å². The maximum absolute atomic E-state index is 2.45. The number of hydrogen-bond donors (Lipinski definition) is 0. The Morgan fingerprint density at radius 1 is 1.00 bits per heavy atom. The molecule has 0 amide bonds. The van der Waals surface area contributed by atoms with E-state index >= 15 is 0 Å². The minimum atomic E-state index is -1.18. The Hall–Kier alpha value is -0.563. The van der Waals surface area contributed by atoms with Crippen molar-refractivity contribution in [1.29, 1.82) is 0 Å². The van der Waals surface area contributed by atoms with Crippen LogP contribution in [0.4, 0.5) is 0 Å². The predicted octanol–water partition coefficient (Wildman–Crippen LogP) is 3.32. The Labute approximate surface area is 83.0 Å². The van der Waals surface area contributed by atoms with Crippen molar-refractivity contribution < 1.29 is 0 Å². The molecule has 0 atom stereocenters. The summed E-state index contributed by atoms with van der Waals surface area (Å²) < 4.78 is 0. The number of rotatable bonds is 2. The Morgan fingerprint density at radius 2 is 1.46 bits per heavy atom. The van der Waals surface area contributed by atoms with Gasteiger partial charge in [-0.1, -0.05) is 62.0 Å². The van der Waals surface area contributed by atoms with Crippen LogP contribution in [-0.2, 0) is 0 Å². The normalized spacial score (nSPS) is 12.2. The summed E-state index contributed by atoms with van der Waals surface area (Å²) in [6, 6.07) is 9.07. The Bertz CT molecular complexity index is 270. The van der Waals surface area contributed by atoms with E-state index in [1.807, 2.05) is 0 Å². The molecule has 0 aliphatic rings. The van der Waals surface area contributed by atoms with E-state index in [2.05, 4.69) is 58.1 Å². The summed E-state index contributed by atoms with van der Waals surface area (Å²) in [7, 11) is -1.18. The van der Waals surface area contributed by atoms with Crippen LogP contribution in [-0.4, -0.2) is 8.07 Å². The van der Waals surface area contributed by atoms with Gasteiger partial charge in [0.05, 0.1) is 8.07 Å². The van der Waals surface area contributed by atoms with Crippen LogP contribution in [0.3, 0.4) is 0 Å². The lowest BCUT2D eigenvalue weighted by atomic mass is 10.2. The summed E-state index contributed by atoms with van der Waals surface area (Å²) >= 11 is 0. The molecule has 1 aromatic rings. The van der Waals surface area contributed by atoms with Gasteiger partial charge in [-0.2, -0.15) is 0 Å². The van der Waals surface area contributed by atoms with Gasteiger partial charge in [0.1, 0.15) is 0 Å². The maximum Gasteiger partial charge on any atom is 0.0831 e. The largest absolute Gasteiger partial charge is 0.0831 e. The Balaban J connectivity index is 3.01. The topological polar surface area (TPSA) is 0 Å². The molecule has 0 saturated heterocycles. The smallest absolute Gasteiger partial charge is 0.0652 e. The van der Waals surface area contributed by atoms with Crippen LogP contribution >= 0.6 is 0 Å². The Kier molecular flexibility index (Phi) is 2.97. The van der Waals surface area contributed by atoms with Crippen LogP contribution in [0.25, 0.3) is 0 Å². The highest BCUT2D eigenvalue weighted by molar-refractivity contribution is 6.90. The first-order valence-corrected chi connectivity index (χ1v) is 8.09. The molecule has 1 rings (SSSR count). The highest BCUT2D eigenvalue weighted by Gasteiger charge is 2.26. The molecule has 0 radical (unpaired) electrons. The van der Waals surface area contributed by atoms with E-state index in [9.17, 15) is 0 Å². The van der Waals surface area contributed by atoms with Gasteiger partial charge in [0.2, 0.25) is 0 Å². The van der Waals surface area contributed by atoms with Gasteiger partial charge < -0.3 is 0 Å². The van der Waals surface area contributed by atoms with E-state index in [0.717, 1.165) is 5.54 Å². The molecule has 0 aromatic heterocycles. The zero-order valence-electron chi connectivity index (χ0n) is 9.39. The van der Waals surface area contributed by atoms with Gasteiger partial charge in [-0.15, -0.1) is 0 Å². The van der Waals surface area contributed by atoms with Crippen LogP contribution < -0.4 is 5.19 Å². The fourth-order valence-electron chi connectivity index (χ4n) is 1.32. The highest BCUT2D eigenvalue weighted by Crippen LogP contribution is 2.19. The molecule has 1 aromatic carbocycles. The molecule has 0 nitrogen and oxygen atoms in total. The zero-order valence-corrected chi connectivity index (χ0v) is 10.4. The molecular weight excluding hydrogens is 172 g/mol. The lowest BCUT2D eigenvalue weighted by molar-refractivity contribution is 1.02. The van der Waals surface area contributed by atoms with Crippen molar-refractivity contribution in [2.45, 2.75) is 39.4 Å². The fourth-order valence-corrected chi connectivity index (χ4v) is 3.01. The number of aryl methyl sites for hydroxylation is 1. The average Bonchev–Trinajstić information content (AvgIpc) is 2.04. The van der Waals surface area contributed by atoms with Gasteiger partial charge in [0.15, 0.2) is 0 Å². The first kappa shape index (κ1) is 10.5. The van der Waals surface area contributed by atoms with E-state index in [-0.39, 0.29) is 0 Å². The van der Waals surface area contributed by atoms with Crippen molar-refractivity contribution in [1.82, 2.24) is 0 Å². The lowest BCUT2D eigenvalue weighted by Crippen LogP contribution is -2.44. The van der Waals surface area contributed by atoms with Crippen molar-refractivity contribution in [3.63, 3.8) is 0 Å². The number of benzene rings is 1. The molecule has 0 heterocycles. The van der Waals surface area contributed by atoms with Crippen molar-refractivity contribution in [2.24, 2.45) is 0 Å². The van der Waals surface area contributed by atoms with Crippen LogP contribution in [0, 0.1) is 6.92 Å². The Morgan fingerprint density at radius 3 is 1.85 bits per heavy atom. The quantitative estimate of drug-likeness (QED) is 0.631. The van der Waals surface area contributed by atoms with E-state index in [1.54, 1.807) is 5.19 Å². The van der Waals surface area contributed by atoms with Crippen molar-refractivity contribution in [2.75, 3.05) is 0 Å². The van der Waals surface area contributed by atoms with Gasteiger partial charge in [-0.25, -0.2) is 0 Å². The first-order chi connectivity index (χ1) is 5.94. The third kappa shape index (κ3) is 2.22. The molecule has 72 valence electrons. The summed E-state index contributed by atoms with van der Waals surface area (Å²) in [5.41, 5.74) is 2.17. The summed E-state index contributed by atoms with van der Waals surface area (Å²) in [6.45, 7) is 11.7. The molecule has 0 fully saturated rings. The summed E-state index contributed by atoms with van der Waals surface area (Å²) in [4.78, 5) is 0. The standard InChI is InChI=1S/C12H20Si/c1-10(2)13(4,5)12-8-6-11(3)7-9-12/h6-10H,1-5H3. The molecule has 0 aliphatic carbocycles. The summed E-state index contributed by atoms with van der Waals surface area (Å²) in [6.07, 6.45) is 0. The molecular formula is C12H20Si. The second-order valence-corrected chi connectivity index (χ2v) is 9.92. The maximum atomic E-state index is 2.45. The van der Waals surface area contributed by atoms with E-state index in [1.165, 1.54) is 5.56 Å². The molecule has 0 unspecified atom stereocenters. The molecule has 1 heteroatoms. The van der Waals surface area contributed by atoms with Crippen LogP contribution in [0.2, 0.25) is 18.6 Å². The average molecular weight is 192 g/mol. The van der Waals surface area contributed by atoms with E-state index < -0.39 is 8.07 Å². The molecule has 0 bridgehead atoms. The third-order valence-corrected chi connectivity index (χ3v) is 7.95. The summed E-state index contributed by atoms with van der Waals surface area (Å²) in [5, 5.41) is 1.58. The lowest BCUT2D eigenvalue weighted by Gasteiger charge is -2.27. The third-order valence-electron chi connectivity index (χ3n) is 3.24. The fraction of sp³-hybridized carbons (Fsp3) is 0.500. The van der Waals surface area contributed by atoms with Crippen molar-refractivity contribution >= 4 is 13.3 Å². The minimum Gasteiger partial charge on any atom is -0.0652 e. The van der Waals surface area contributed by atoms with Crippen LogP contribution in [0.15, 0.2) is 24.3 Å². The van der Waals surface area contributed by atoms with Crippen LogP contribution in [0.1, 0.15) is 19.4 Å². The molecule has 0 aliphatic heterocycles. The highest BCUT2D eigenvalue weighted by atomic mass is 28.3. The monoisotopic (exact) mass is 192 g/mol. The molecule has 0 N–H and O–H groups in total. The van der Waals surface area contributed by atoms with E-state index in [4.69, 9.17) is 0 Å². The van der Waals surface area contributed by atoms with Gasteiger partial charge in [0, 0.05) is 0 Å². The predicted molar refractivity (Wildman–Crippen MR) is 63.4 cm³/mol. The van der Waals surface area contributed by atoms with Crippen molar-refractivity contribution in [3.8, 4) is 0 Å². The van der Waals surface area contributed by atoms with Crippen LogP contribution in [0.5, 0.6) is 0 Å². The van der Waals surface area contributed by atoms with Gasteiger partial charge in [-0.05, 0) is 12.5 Å².